The van der Waals surface area contributed by atoms with Gasteiger partial charge in [-0.15, -0.1) is 0 Å². The molecule has 0 saturated heterocycles. The van der Waals surface area contributed by atoms with Crippen molar-refractivity contribution in [3.05, 3.63) is 48.3 Å². The number of carboxylic acid groups (broad SMARTS) is 1. The van der Waals surface area contributed by atoms with E-state index in [2.05, 4.69) is 9.97 Å². The Morgan fingerprint density at radius 3 is 2.56 bits per heavy atom. The first-order valence-electron chi connectivity index (χ1n) is 5.10. The van der Waals surface area contributed by atoms with Crippen LogP contribution in [0.1, 0.15) is 5.82 Å². The summed E-state index contributed by atoms with van der Waals surface area (Å²) in [4.78, 5) is 18.0. The van der Waals surface area contributed by atoms with Gasteiger partial charge in [-0.3, -0.25) is 4.79 Å². The van der Waals surface area contributed by atoms with Gasteiger partial charge in [0.15, 0.2) is 17.3 Å². The molecule has 2 rings (SSSR count). The van der Waals surface area contributed by atoms with Gasteiger partial charge in [-0.1, -0.05) is 12.1 Å². The molecule has 18 heavy (non-hydrogen) atoms. The summed E-state index contributed by atoms with van der Waals surface area (Å²) in [5.41, 5.74) is 0. The topological polar surface area (TPSA) is 72.3 Å². The lowest BCUT2D eigenvalue weighted by Gasteiger charge is -2.05. The average molecular weight is 248 g/mol. The van der Waals surface area contributed by atoms with Crippen LogP contribution < -0.4 is 4.74 Å². The molecule has 0 aliphatic carbocycles. The molecule has 1 N–H and O–H groups in total. The van der Waals surface area contributed by atoms with E-state index in [0.29, 0.717) is 0 Å². The SMILES string of the molecule is O=C(O)Cc1ncc(Oc2ccccc2F)cn1. The van der Waals surface area contributed by atoms with E-state index in [4.69, 9.17) is 9.84 Å². The lowest BCUT2D eigenvalue weighted by Crippen LogP contribution is -2.04. The van der Waals surface area contributed by atoms with Crippen molar-refractivity contribution >= 4 is 5.97 Å². The number of rotatable bonds is 4. The second-order valence-electron chi connectivity index (χ2n) is 3.44. The van der Waals surface area contributed by atoms with Crippen LogP contribution in [0.3, 0.4) is 0 Å². The minimum Gasteiger partial charge on any atom is -0.481 e. The van der Waals surface area contributed by atoms with E-state index in [1.54, 1.807) is 12.1 Å². The molecule has 1 aromatic heterocycles. The molecule has 1 heterocycles. The Balaban J connectivity index is 2.11. The molecule has 5 nitrogen and oxygen atoms in total. The number of hydrogen-bond donors (Lipinski definition) is 1. The highest BCUT2D eigenvalue weighted by Gasteiger charge is 2.06. The zero-order valence-electron chi connectivity index (χ0n) is 9.21. The Hall–Kier alpha value is -2.50. The van der Waals surface area contributed by atoms with Crippen LogP contribution >= 0.6 is 0 Å². The number of para-hydroxylation sites is 1. The molecule has 0 aliphatic rings. The van der Waals surface area contributed by atoms with Crippen LogP contribution in [-0.2, 0) is 11.2 Å². The van der Waals surface area contributed by atoms with Gasteiger partial charge in [-0.05, 0) is 12.1 Å². The number of halogens is 1. The Morgan fingerprint density at radius 2 is 1.94 bits per heavy atom. The van der Waals surface area contributed by atoms with Gasteiger partial charge in [-0.2, -0.15) is 0 Å². The van der Waals surface area contributed by atoms with Crippen molar-refractivity contribution in [1.82, 2.24) is 9.97 Å². The van der Waals surface area contributed by atoms with E-state index in [0.717, 1.165) is 0 Å². The first-order chi connectivity index (χ1) is 8.65. The maximum Gasteiger partial charge on any atom is 0.311 e. The molecule has 92 valence electrons. The molecule has 0 radical (unpaired) electrons. The molecule has 0 fully saturated rings. The molecule has 0 bridgehead atoms. The summed E-state index contributed by atoms with van der Waals surface area (Å²) in [5, 5.41) is 8.55. The predicted molar refractivity (Wildman–Crippen MR) is 59.8 cm³/mol. The molecule has 0 atom stereocenters. The Morgan fingerprint density at radius 1 is 1.28 bits per heavy atom. The number of benzene rings is 1. The third-order valence-corrected chi connectivity index (χ3v) is 2.06. The normalized spacial score (nSPS) is 10.1. The molecule has 0 spiro atoms. The van der Waals surface area contributed by atoms with E-state index in [9.17, 15) is 9.18 Å². The van der Waals surface area contributed by atoms with Gasteiger partial charge in [0.2, 0.25) is 0 Å². The monoisotopic (exact) mass is 248 g/mol. The molecule has 0 saturated carbocycles. The zero-order chi connectivity index (χ0) is 13.0. The van der Waals surface area contributed by atoms with Crippen LogP contribution in [0.2, 0.25) is 0 Å². The van der Waals surface area contributed by atoms with E-state index in [1.807, 2.05) is 0 Å². The fourth-order valence-electron chi connectivity index (χ4n) is 1.28. The molecule has 1 aromatic carbocycles. The molecule has 0 unspecified atom stereocenters. The smallest absolute Gasteiger partial charge is 0.311 e. The van der Waals surface area contributed by atoms with Gasteiger partial charge < -0.3 is 9.84 Å². The number of hydrogen-bond acceptors (Lipinski definition) is 4. The number of ether oxygens (including phenoxy) is 1. The third-order valence-electron chi connectivity index (χ3n) is 2.06. The Bertz CT molecular complexity index is 558. The first-order valence-corrected chi connectivity index (χ1v) is 5.10. The van der Waals surface area contributed by atoms with Crippen molar-refractivity contribution in [1.29, 1.82) is 0 Å². The molecule has 0 amide bonds. The number of carboxylic acids is 1. The molecular weight excluding hydrogens is 239 g/mol. The summed E-state index contributed by atoms with van der Waals surface area (Å²) in [6, 6.07) is 5.93. The molecular formula is C12H9FN2O3. The van der Waals surface area contributed by atoms with Crippen LogP contribution in [0.25, 0.3) is 0 Å². The quantitative estimate of drug-likeness (QED) is 0.896. The molecule has 6 heteroatoms. The summed E-state index contributed by atoms with van der Waals surface area (Å²) >= 11 is 0. The maximum absolute atomic E-state index is 13.3. The second kappa shape index (κ2) is 5.22. The van der Waals surface area contributed by atoms with Crippen molar-refractivity contribution < 1.29 is 19.0 Å². The van der Waals surface area contributed by atoms with E-state index in [-0.39, 0.29) is 23.7 Å². The van der Waals surface area contributed by atoms with Crippen molar-refractivity contribution in [2.45, 2.75) is 6.42 Å². The first kappa shape index (κ1) is 12.0. The summed E-state index contributed by atoms with van der Waals surface area (Å²) < 4.78 is 18.5. The summed E-state index contributed by atoms with van der Waals surface area (Å²) in [7, 11) is 0. The van der Waals surface area contributed by atoms with Crippen LogP contribution in [0, 0.1) is 5.82 Å². The van der Waals surface area contributed by atoms with E-state index < -0.39 is 11.8 Å². The van der Waals surface area contributed by atoms with Gasteiger partial charge in [-0.25, -0.2) is 14.4 Å². The van der Waals surface area contributed by atoms with Gasteiger partial charge in [0.05, 0.1) is 12.4 Å². The van der Waals surface area contributed by atoms with Gasteiger partial charge >= 0.3 is 5.97 Å². The molecule has 0 aliphatic heterocycles. The lowest BCUT2D eigenvalue weighted by atomic mass is 10.3. The average Bonchev–Trinajstić information content (AvgIpc) is 2.34. The van der Waals surface area contributed by atoms with Crippen LogP contribution in [0.5, 0.6) is 11.5 Å². The highest BCUT2D eigenvalue weighted by atomic mass is 19.1. The van der Waals surface area contributed by atoms with Crippen LogP contribution in [0.15, 0.2) is 36.7 Å². The minimum atomic E-state index is -1.02. The fraction of sp³-hybridized carbons (Fsp3) is 0.0833. The van der Waals surface area contributed by atoms with Crippen LogP contribution in [0.4, 0.5) is 4.39 Å². The van der Waals surface area contributed by atoms with Crippen molar-refractivity contribution in [3.8, 4) is 11.5 Å². The summed E-state index contributed by atoms with van der Waals surface area (Å²) in [6.45, 7) is 0. The van der Waals surface area contributed by atoms with Gasteiger partial charge in [0, 0.05) is 0 Å². The van der Waals surface area contributed by atoms with Crippen molar-refractivity contribution in [2.24, 2.45) is 0 Å². The highest BCUT2D eigenvalue weighted by Crippen LogP contribution is 2.22. The van der Waals surface area contributed by atoms with E-state index in [1.165, 1.54) is 24.5 Å². The van der Waals surface area contributed by atoms with Crippen molar-refractivity contribution in [3.63, 3.8) is 0 Å². The molecule has 2 aromatic rings. The second-order valence-corrected chi connectivity index (χ2v) is 3.44. The predicted octanol–water partition coefficient (Wildman–Crippen LogP) is 2.04. The number of carbonyl (C=O) groups is 1. The Labute approximate surface area is 102 Å². The number of aliphatic carboxylic acids is 1. The third kappa shape index (κ3) is 3.00. The lowest BCUT2D eigenvalue weighted by molar-refractivity contribution is -0.136. The van der Waals surface area contributed by atoms with Crippen LogP contribution in [-0.4, -0.2) is 21.0 Å². The number of nitrogens with zero attached hydrogens (tertiary/aromatic N) is 2. The van der Waals surface area contributed by atoms with Crippen molar-refractivity contribution in [2.75, 3.05) is 0 Å². The summed E-state index contributed by atoms with van der Waals surface area (Å²) in [5.74, 6) is -1.03. The number of aromatic nitrogens is 2. The maximum atomic E-state index is 13.3. The fourth-order valence-corrected chi connectivity index (χ4v) is 1.28. The zero-order valence-corrected chi connectivity index (χ0v) is 9.21. The minimum absolute atomic E-state index is 0.0621. The van der Waals surface area contributed by atoms with Gasteiger partial charge in [0.1, 0.15) is 12.2 Å². The van der Waals surface area contributed by atoms with Gasteiger partial charge in [0.25, 0.3) is 0 Å². The van der Waals surface area contributed by atoms with E-state index >= 15 is 0 Å². The highest BCUT2D eigenvalue weighted by molar-refractivity contribution is 5.68. The summed E-state index contributed by atoms with van der Waals surface area (Å²) in [6.07, 6.45) is 2.34. The largest absolute Gasteiger partial charge is 0.481 e. The standard InChI is InChI=1S/C12H9FN2O3/c13-9-3-1-2-4-10(9)18-8-6-14-11(15-7-8)5-12(16)17/h1-4,6-7H,5H2,(H,16,17). The Kier molecular flexibility index (Phi) is 3.47.